The second kappa shape index (κ2) is 4.85. The lowest BCUT2D eigenvalue weighted by atomic mass is 10.2. The molecule has 2 rings (SSSR count). The van der Waals surface area contributed by atoms with Gasteiger partial charge in [0, 0.05) is 0 Å². The molecule has 0 N–H and O–H groups in total. The predicted molar refractivity (Wildman–Crippen MR) is 79.9 cm³/mol. The van der Waals surface area contributed by atoms with Crippen LogP contribution in [0.5, 0.6) is 0 Å². The summed E-state index contributed by atoms with van der Waals surface area (Å²) in [5.74, 6) is 0. The average molecular weight is 228 g/mol. The number of benzene rings is 2. The first-order valence-electron chi connectivity index (χ1n) is 5.15. The molecule has 0 heterocycles. The smallest absolute Gasteiger partial charge is 0.105 e. The van der Waals surface area contributed by atoms with Crippen LogP contribution in [0.4, 0.5) is 0 Å². The average Bonchev–Trinajstić information content (AvgIpc) is 2.29. The largest absolute Gasteiger partial charge is 0.135 e. The second-order valence-electron chi connectivity index (χ2n) is 3.75. The summed E-state index contributed by atoms with van der Waals surface area (Å²) in [5, 5.41) is 3.28. The maximum absolute atomic E-state index is 2.34. The van der Waals surface area contributed by atoms with E-state index >= 15 is 0 Å². The quantitative estimate of drug-likeness (QED) is 0.542. The van der Waals surface area contributed by atoms with Crippen molar-refractivity contribution in [3.05, 3.63) is 59.7 Å². The first kappa shape index (κ1) is 11.4. The SMILES string of the molecule is [BH3-][PH+](c1ccccc1C)c1ccccc1C. The molecule has 0 saturated carbocycles. The molecule has 0 atom stereocenters. The third-order valence-corrected chi connectivity index (χ3v) is 4.22. The van der Waals surface area contributed by atoms with Crippen LogP contribution in [-0.2, 0) is 0 Å². The molecule has 2 heteroatoms. The summed E-state index contributed by atoms with van der Waals surface area (Å²) in [5.41, 5.74) is 2.96. The van der Waals surface area contributed by atoms with E-state index in [1.807, 2.05) is 0 Å². The van der Waals surface area contributed by atoms with Gasteiger partial charge < -0.3 is 0 Å². The molecule has 0 aliphatic carbocycles. The molecule has 82 valence electrons. The predicted octanol–water partition coefficient (Wildman–Crippen LogP) is 1.75. The minimum atomic E-state index is -0.355. The molecule has 0 unspecified atom stereocenters. The Labute approximate surface area is 99.8 Å². The lowest BCUT2D eigenvalue weighted by Crippen LogP contribution is -2.16. The molecule has 0 aliphatic heterocycles. The highest BCUT2D eigenvalue weighted by atomic mass is 31.1. The Balaban J connectivity index is 2.44. The van der Waals surface area contributed by atoms with E-state index in [0.29, 0.717) is 7.57 Å². The highest BCUT2D eigenvalue weighted by Gasteiger charge is 2.14. The number of hydrogen-bond donors (Lipinski definition) is 0. The van der Waals surface area contributed by atoms with Crippen LogP contribution in [0.2, 0.25) is 0 Å². The molecule has 0 nitrogen and oxygen atoms in total. The Bertz CT molecular complexity index is 448. The fourth-order valence-electron chi connectivity index (χ4n) is 1.57. The summed E-state index contributed by atoms with van der Waals surface area (Å²) in [6.45, 7) is 4.50. The zero-order valence-corrected chi connectivity index (χ0v) is 10.1. The van der Waals surface area contributed by atoms with Crippen LogP contribution in [0.15, 0.2) is 48.5 Å². The first-order chi connectivity index (χ1) is 7.70. The summed E-state index contributed by atoms with van der Waals surface area (Å²) in [6, 6.07) is 17.8. The molecule has 0 amide bonds. The molecule has 0 saturated heterocycles. The lowest BCUT2D eigenvalue weighted by molar-refractivity contribution is 1.51. The van der Waals surface area contributed by atoms with Crippen molar-refractivity contribution in [3.8, 4) is 0 Å². The van der Waals surface area contributed by atoms with Crippen LogP contribution < -0.4 is 10.6 Å². The summed E-state index contributed by atoms with van der Waals surface area (Å²) >= 11 is 0. The maximum Gasteiger partial charge on any atom is 0.135 e. The number of aryl methyl sites for hydroxylation is 2. The number of rotatable bonds is 2. The summed E-state index contributed by atoms with van der Waals surface area (Å²) in [4.78, 5) is 0. The van der Waals surface area contributed by atoms with Gasteiger partial charge in [-0.1, -0.05) is 36.4 Å². The van der Waals surface area contributed by atoms with Crippen molar-refractivity contribution < 1.29 is 0 Å². The van der Waals surface area contributed by atoms with E-state index in [0.717, 1.165) is 0 Å². The molecule has 0 bridgehead atoms. The van der Waals surface area contributed by atoms with E-state index in [4.69, 9.17) is 0 Å². The van der Waals surface area contributed by atoms with Crippen LogP contribution in [0, 0.1) is 13.8 Å². The summed E-state index contributed by atoms with van der Waals surface area (Å²) < 4.78 is 0. The van der Waals surface area contributed by atoms with E-state index in [-0.39, 0.29) is 7.80 Å². The van der Waals surface area contributed by atoms with E-state index in [1.165, 1.54) is 11.1 Å². The van der Waals surface area contributed by atoms with Gasteiger partial charge in [-0.2, -0.15) is 0 Å². The minimum Gasteiger partial charge on any atom is -0.105 e. The Morgan fingerprint density at radius 2 is 1.12 bits per heavy atom. The maximum atomic E-state index is 2.34. The molecule has 2 aromatic rings. The summed E-state index contributed by atoms with van der Waals surface area (Å²) in [6.07, 6.45) is 0. The van der Waals surface area contributed by atoms with E-state index < -0.39 is 0 Å². The van der Waals surface area contributed by atoms with Crippen molar-refractivity contribution >= 4 is 26.0 Å². The van der Waals surface area contributed by atoms with Crippen molar-refractivity contribution in [1.29, 1.82) is 0 Å². The standard InChI is InChI=1S/C14H18BP/c1-11-7-3-5-9-13(11)16(15)14-10-6-4-8-12(14)2/h3-10,16H,1-2,15H3. The van der Waals surface area contributed by atoms with Gasteiger partial charge in [-0.15, -0.1) is 7.80 Å². The Morgan fingerprint density at radius 3 is 1.50 bits per heavy atom. The lowest BCUT2D eigenvalue weighted by Gasteiger charge is -2.15. The van der Waals surface area contributed by atoms with E-state index in [2.05, 4.69) is 62.4 Å². The van der Waals surface area contributed by atoms with Crippen molar-refractivity contribution in [2.75, 3.05) is 0 Å². The molecular weight excluding hydrogens is 210 g/mol. The normalized spacial score (nSPS) is 10.8. The summed E-state index contributed by atoms with van der Waals surface area (Å²) in [7, 11) is 0.0115. The van der Waals surface area contributed by atoms with Crippen molar-refractivity contribution in [1.82, 2.24) is 0 Å². The fraction of sp³-hybridized carbons (Fsp3) is 0.143. The van der Waals surface area contributed by atoms with Crippen LogP contribution in [-0.4, -0.2) is 7.57 Å². The van der Waals surface area contributed by atoms with Crippen LogP contribution in [0.25, 0.3) is 0 Å². The van der Waals surface area contributed by atoms with Crippen LogP contribution in [0.3, 0.4) is 0 Å². The van der Waals surface area contributed by atoms with Gasteiger partial charge in [0.1, 0.15) is 7.57 Å². The number of hydrogen-bond acceptors (Lipinski definition) is 0. The van der Waals surface area contributed by atoms with Crippen LogP contribution in [0.1, 0.15) is 11.1 Å². The second-order valence-corrected chi connectivity index (χ2v) is 5.08. The third-order valence-electron chi connectivity index (χ3n) is 2.56. The molecule has 0 aliphatic rings. The van der Waals surface area contributed by atoms with Gasteiger partial charge in [0.25, 0.3) is 0 Å². The molecule has 0 aromatic heterocycles. The fourth-order valence-corrected chi connectivity index (χ4v) is 2.78. The van der Waals surface area contributed by atoms with E-state index in [1.54, 1.807) is 10.6 Å². The van der Waals surface area contributed by atoms with Crippen molar-refractivity contribution in [2.45, 2.75) is 13.8 Å². The third kappa shape index (κ3) is 2.20. The van der Waals surface area contributed by atoms with Gasteiger partial charge in [-0.05, 0) is 37.1 Å². The topological polar surface area (TPSA) is 0 Å². The van der Waals surface area contributed by atoms with Gasteiger partial charge >= 0.3 is 0 Å². The zero-order valence-electron chi connectivity index (χ0n) is 9.12. The first-order valence-corrected chi connectivity index (χ1v) is 6.15. The monoisotopic (exact) mass is 228 g/mol. The highest BCUT2D eigenvalue weighted by molar-refractivity contribution is 7.94. The van der Waals surface area contributed by atoms with Crippen molar-refractivity contribution in [3.63, 3.8) is 0 Å². The zero-order chi connectivity index (χ0) is 11.5. The molecule has 0 radical (unpaired) electrons. The molecule has 2 aromatic carbocycles. The Kier molecular flexibility index (Phi) is 3.46. The molecule has 0 fully saturated rings. The molecule has 16 heavy (non-hydrogen) atoms. The molecular formula is C14H18BP. The minimum absolute atomic E-state index is 0.355. The molecule has 0 spiro atoms. The van der Waals surface area contributed by atoms with Crippen molar-refractivity contribution in [2.24, 2.45) is 0 Å². The van der Waals surface area contributed by atoms with Gasteiger partial charge in [0.2, 0.25) is 0 Å². The van der Waals surface area contributed by atoms with Gasteiger partial charge in [-0.25, -0.2) is 0 Å². The van der Waals surface area contributed by atoms with Gasteiger partial charge in [0.05, 0.1) is 10.6 Å². The van der Waals surface area contributed by atoms with Crippen LogP contribution >= 0.6 is 7.80 Å². The van der Waals surface area contributed by atoms with E-state index in [9.17, 15) is 0 Å². The van der Waals surface area contributed by atoms with Gasteiger partial charge in [-0.3, -0.25) is 0 Å². The Hall–Kier alpha value is -1.07. The van der Waals surface area contributed by atoms with Gasteiger partial charge in [0.15, 0.2) is 0 Å². The Morgan fingerprint density at radius 1 is 0.750 bits per heavy atom. The highest BCUT2D eigenvalue weighted by Crippen LogP contribution is 2.29.